The van der Waals surface area contributed by atoms with E-state index in [2.05, 4.69) is 36.6 Å². The quantitative estimate of drug-likeness (QED) is 0.0138. The largest absolute Gasteiger partial charge is 0.507 e. The highest BCUT2D eigenvalue weighted by molar-refractivity contribution is 9.10. The van der Waals surface area contributed by atoms with E-state index in [1.165, 1.54) is 103 Å². The summed E-state index contributed by atoms with van der Waals surface area (Å²) in [6, 6.07) is 69.0. The van der Waals surface area contributed by atoms with Crippen LogP contribution in [0.5, 0.6) is 23.0 Å². The molecule has 0 aliphatic rings. The lowest BCUT2D eigenvalue weighted by Crippen LogP contribution is -2.30. The van der Waals surface area contributed by atoms with Crippen LogP contribution in [0.4, 0.5) is 26.3 Å². The molecule has 0 bridgehead atoms. The number of halogens is 9. The highest BCUT2D eigenvalue weighted by atomic mass is 79.9. The van der Waals surface area contributed by atoms with E-state index in [4.69, 9.17) is 62.0 Å². The molecular formula is C90H75BrCl2F6N7O23P3S3. The van der Waals surface area contributed by atoms with E-state index < -0.39 is 114 Å². The van der Waals surface area contributed by atoms with Gasteiger partial charge in [0.05, 0.1) is 40.3 Å². The summed E-state index contributed by atoms with van der Waals surface area (Å²) in [4.78, 5) is 77.3. The molecule has 0 fully saturated rings. The number of aromatic carboxylic acids is 2. The number of H-pyrrole nitrogens is 1. The Morgan fingerprint density at radius 3 is 1.11 bits per heavy atom. The summed E-state index contributed by atoms with van der Waals surface area (Å²) >= 11 is 15.0. The number of alkyl halides is 6. The minimum Gasteiger partial charge on any atom is -0.507 e. The van der Waals surface area contributed by atoms with E-state index in [0.717, 1.165) is 79.2 Å². The lowest BCUT2D eigenvalue weighted by atomic mass is 10.0. The number of methoxy groups -OCH3 is 2. The molecule has 0 amide bonds. The van der Waals surface area contributed by atoms with Crippen LogP contribution in [0.25, 0.3) is 55.5 Å². The number of hydrogen-bond donors (Lipinski definition) is 11. The Hall–Kier alpha value is -11.9. The Morgan fingerprint density at radius 1 is 0.393 bits per heavy atom. The van der Waals surface area contributed by atoms with Crippen LogP contribution < -0.4 is 9.47 Å². The molecule has 45 heteroatoms. The van der Waals surface area contributed by atoms with Crippen molar-refractivity contribution < 1.29 is 134 Å². The van der Waals surface area contributed by atoms with Gasteiger partial charge in [0.2, 0.25) is 35.9 Å². The monoisotopic (exact) mass is 2070 g/mol. The predicted molar refractivity (Wildman–Crippen MR) is 490 cm³/mol. The van der Waals surface area contributed by atoms with E-state index in [-0.39, 0.29) is 103 Å². The lowest BCUT2D eigenvalue weighted by Gasteiger charge is -2.24. The van der Waals surface area contributed by atoms with Crippen LogP contribution in [-0.4, -0.2) is 135 Å². The minimum absolute atomic E-state index is 0.0295. The fraction of sp³-hybridized carbons (Fsp3) is 0.122. The molecule has 0 saturated carbocycles. The Kier molecular flexibility index (Phi) is 31.3. The first-order valence-electron chi connectivity index (χ1n) is 39.1. The zero-order chi connectivity index (χ0) is 98.3. The fourth-order valence-corrected chi connectivity index (χ4v) is 21.5. The average molecular weight is 2080 g/mol. The van der Waals surface area contributed by atoms with Crippen molar-refractivity contribution in [2.45, 2.75) is 70.9 Å². The number of benzene rings is 13. The van der Waals surface area contributed by atoms with Gasteiger partial charge in [0.15, 0.2) is 0 Å². The van der Waals surface area contributed by atoms with Crippen LogP contribution in [0.1, 0.15) is 70.8 Å². The molecule has 14 aromatic rings. The van der Waals surface area contributed by atoms with E-state index in [0.29, 0.717) is 50.2 Å². The van der Waals surface area contributed by atoms with Gasteiger partial charge in [0, 0.05) is 54.9 Å². The van der Waals surface area contributed by atoms with Crippen molar-refractivity contribution >= 4 is 115 Å². The molecule has 0 aliphatic heterocycles. The Bertz CT molecular complexity index is 7060. The molecule has 14 rings (SSSR count). The molecule has 11 N–H and O–H groups in total. The van der Waals surface area contributed by atoms with E-state index in [1.807, 2.05) is 48.5 Å². The highest BCUT2D eigenvalue weighted by Crippen LogP contribution is 2.63. The van der Waals surface area contributed by atoms with Gasteiger partial charge < -0.3 is 59.3 Å². The molecule has 1 aromatic heterocycles. The number of hydrogen-bond acceptors (Lipinski definition) is 18. The molecule has 0 aliphatic carbocycles. The second-order valence-corrected chi connectivity index (χ2v) is 42.2. The number of carboxylic acids is 2. The number of tetrazole rings is 1. The number of nitrogens with one attached hydrogen (secondary N) is 1. The molecule has 30 nitrogen and oxygen atoms in total. The standard InChI is InChI=1S/C32H25ClF2N5O5PS.C29H25BrF2NO9PS.C29H25ClF2NO9PS/c33-30-16-22(10-15-29(30)32(34,35)46(41,42)43)20-40(47(44,45)28-14-13-23-4-1-2-5-26(23)18-28)19-21-8-11-24(12-9-21)25-6-3-7-27(17-25)31-36-38-39-37-31;2*1-42-26-4-2-3-5-27(26)44(40,41)33(17-19-8-12-23(24(30)14-19)29(31,32)43(37,38)39)16-18-6-9-20(10-7-18)21-11-13-25(34)22(15-21)28(35)36/h1-18H,19-20H2,(H2,41,42,43)(H,36,37,38,39);2*2-15,34H,16-17H2,1H3,(H,35,36)(H2,37,38,39). The molecule has 0 unspecified atom stereocenters. The number of carbonyl (C=O) groups is 2. The van der Waals surface area contributed by atoms with Gasteiger partial charge in [-0.05, 0) is 168 Å². The maximum Gasteiger partial charge on any atom is 0.399 e. The number of carboxylic acid groups (broad SMARTS) is 2. The number of aromatic hydroxyl groups is 2. The number of aromatic amines is 1. The third kappa shape index (κ3) is 23.3. The van der Waals surface area contributed by atoms with Crippen LogP contribution in [0.15, 0.2) is 298 Å². The molecule has 0 spiro atoms. The number of fused-ring (bicyclic) bond motifs is 1. The summed E-state index contributed by atoms with van der Waals surface area (Å²) in [5.41, 5.74) is -10.3. The smallest absolute Gasteiger partial charge is 0.399 e. The first-order valence-corrected chi connectivity index (χ1v) is 49.8. The number of sulfonamides is 3. The van der Waals surface area contributed by atoms with Gasteiger partial charge in [0.1, 0.15) is 43.9 Å². The normalized spacial score (nSPS) is 12.4. The summed E-state index contributed by atoms with van der Waals surface area (Å²) in [5, 5.41) is 52.6. The van der Waals surface area contributed by atoms with Crippen LogP contribution in [-0.2, 0) is 100 Å². The lowest BCUT2D eigenvalue weighted by molar-refractivity contribution is 0.0557. The predicted octanol–water partition coefficient (Wildman–Crippen LogP) is 19.1. The maximum absolute atomic E-state index is 14.4. The number of rotatable bonds is 32. The molecule has 0 radical (unpaired) electrons. The van der Waals surface area contributed by atoms with Gasteiger partial charge in [-0.3, -0.25) is 13.7 Å². The van der Waals surface area contributed by atoms with Crippen molar-refractivity contribution in [3.8, 4) is 67.8 Å². The number of aromatic nitrogens is 4. The topological polar surface area (TPSA) is 473 Å². The zero-order valence-electron chi connectivity index (χ0n) is 69.7. The third-order valence-corrected chi connectivity index (χ3v) is 30.5. The van der Waals surface area contributed by atoms with Crippen molar-refractivity contribution in [3.63, 3.8) is 0 Å². The van der Waals surface area contributed by atoms with Gasteiger partial charge in [-0.1, -0.05) is 233 Å². The van der Waals surface area contributed by atoms with Gasteiger partial charge in [-0.15, -0.1) is 10.2 Å². The van der Waals surface area contributed by atoms with Gasteiger partial charge in [-0.2, -0.15) is 44.5 Å². The zero-order valence-corrected chi connectivity index (χ0v) is 78.0. The summed E-state index contributed by atoms with van der Waals surface area (Å²) in [5.74, 6) is -2.82. The first kappa shape index (κ1) is 102. The van der Waals surface area contributed by atoms with Gasteiger partial charge in [-0.25, -0.2) is 34.8 Å². The van der Waals surface area contributed by atoms with Crippen molar-refractivity contribution in [1.29, 1.82) is 0 Å². The summed E-state index contributed by atoms with van der Waals surface area (Å²) in [6.07, 6.45) is 0. The number of para-hydroxylation sites is 2. The van der Waals surface area contributed by atoms with Crippen molar-refractivity contribution in [2.24, 2.45) is 0 Å². The number of phenols is 2. The molecule has 0 atom stereocenters. The van der Waals surface area contributed by atoms with Crippen LogP contribution in [0.3, 0.4) is 0 Å². The molecule has 135 heavy (non-hydrogen) atoms. The number of nitrogens with zero attached hydrogens (tertiary/aromatic N) is 6. The molecular weight excluding hydrogens is 2000 g/mol. The second-order valence-electron chi connectivity index (χ2n) is 29.8. The van der Waals surface area contributed by atoms with Gasteiger partial charge in [0.25, 0.3) is 0 Å². The summed E-state index contributed by atoms with van der Waals surface area (Å²) < 4.78 is 218. The van der Waals surface area contributed by atoms with E-state index in [1.54, 1.807) is 97.1 Å². The van der Waals surface area contributed by atoms with Crippen molar-refractivity contribution in [2.75, 3.05) is 14.2 Å². The van der Waals surface area contributed by atoms with Gasteiger partial charge >= 0.3 is 51.7 Å². The fourth-order valence-electron chi connectivity index (χ4n) is 13.8. The Morgan fingerprint density at radius 2 is 0.733 bits per heavy atom. The maximum atomic E-state index is 14.4. The molecule has 0 saturated heterocycles. The Balaban J connectivity index is 0.000000182. The summed E-state index contributed by atoms with van der Waals surface area (Å²) in [6.45, 7) is -1.45. The molecule has 1 heterocycles. The van der Waals surface area contributed by atoms with Crippen molar-refractivity contribution in [1.82, 2.24) is 33.5 Å². The van der Waals surface area contributed by atoms with Crippen LogP contribution in [0.2, 0.25) is 10.0 Å². The van der Waals surface area contributed by atoms with Crippen LogP contribution in [0, 0.1) is 0 Å². The number of ether oxygens (including phenoxy) is 2. The van der Waals surface area contributed by atoms with Crippen LogP contribution >= 0.6 is 61.9 Å². The summed E-state index contributed by atoms with van der Waals surface area (Å²) in [7, 11) is -27.7. The first-order chi connectivity index (χ1) is 63.4. The molecule has 13 aromatic carbocycles. The average Bonchev–Trinajstić information content (AvgIpc) is 0.902. The van der Waals surface area contributed by atoms with Crippen molar-refractivity contribution in [3.05, 3.63) is 355 Å². The SMILES string of the molecule is COc1ccccc1S(=O)(=O)N(Cc1ccc(-c2ccc(O)c(C(=O)O)c2)cc1)Cc1ccc(C(F)(F)P(=O)(O)O)c(Br)c1.COc1ccccc1S(=O)(=O)N(Cc1ccc(-c2ccc(O)c(C(=O)O)c2)cc1)Cc1ccc(C(F)(F)P(=O)(O)O)c(Cl)c1.O=P(O)(O)C(F)(F)c1ccc(CN(Cc2ccc(-c3cccc(-c4nn[nH]n4)c3)cc2)S(=O)(=O)c2ccc3ccccc3c2)cc1Cl. The minimum atomic E-state index is -5.90. The highest BCUT2D eigenvalue weighted by Gasteiger charge is 2.54. The second kappa shape index (κ2) is 41.4. The third-order valence-electron chi connectivity index (χ3n) is 20.8. The van der Waals surface area contributed by atoms with E-state index >= 15 is 0 Å². The Labute approximate surface area is 784 Å². The van der Waals surface area contributed by atoms with E-state index in [9.17, 15) is 95.3 Å². The molecule has 704 valence electrons.